The van der Waals surface area contributed by atoms with Crippen molar-refractivity contribution in [3.63, 3.8) is 0 Å². The van der Waals surface area contributed by atoms with Crippen LogP contribution < -0.4 is 10.4 Å². The quantitative estimate of drug-likeness (QED) is 0.584. The molecule has 3 fully saturated rings. The summed E-state index contributed by atoms with van der Waals surface area (Å²) in [5.74, 6) is -3.05. The zero-order valence-electron chi connectivity index (χ0n) is 23.4. The lowest BCUT2D eigenvalue weighted by molar-refractivity contribution is -0.243. The van der Waals surface area contributed by atoms with Crippen LogP contribution in [-0.4, -0.2) is 67.9 Å². The molecule has 5 atom stereocenters. The number of rotatable bonds is 5. The van der Waals surface area contributed by atoms with Crippen molar-refractivity contribution < 1.29 is 33.3 Å². The first-order valence-corrected chi connectivity index (χ1v) is 15.3. The Hall–Kier alpha value is -1.91. The number of fused-ring (bicyclic) bond motifs is 2. The zero-order valence-corrected chi connectivity index (χ0v) is 24.4. The van der Waals surface area contributed by atoms with Crippen LogP contribution in [0.25, 0.3) is 0 Å². The molecule has 1 saturated carbocycles. The summed E-state index contributed by atoms with van der Waals surface area (Å²) >= 11 is 0. The molecule has 1 aliphatic carbocycles. The molecular formula is C30H40O7Si. The number of carbonyl (C=O) groups excluding carboxylic acids is 1. The predicted molar refractivity (Wildman–Crippen MR) is 146 cm³/mol. The Kier molecular flexibility index (Phi) is 6.79. The van der Waals surface area contributed by atoms with E-state index in [4.69, 9.17) is 23.4 Å². The molecule has 1 N–H and O–H groups in total. The van der Waals surface area contributed by atoms with Crippen LogP contribution in [0.1, 0.15) is 48.5 Å². The van der Waals surface area contributed by atoms with Gasteiger partial charge in [0.15, 0.2) is 23.0 Å². The second-order valence-electron chi connectivity index (χ2n) is 12.7. The molecule has 206 valence electrons. The van der Waals surface area contributed by atoms with Crippen LogP contribution >= 0.6 is 0 Å². The average molecular weight is 541 g/mol. The van der Waals surface area contributed by atoms with Crippen LogP contribution in [0.15, 0.2) is 60.7 Å². The second kappa shape index (κ2) is 9.33. The van der Waals surface area contributed by atoms with Gasteiger partial charge in [-0.25, -0.2) is 0 Å². The molecule has 8 heteroatoms. The van der Waals surface area contributed by atoms with Gasteiger partial charge in [-0.1, -0.05) is 81.4 Å². The molecule has 0 radical (unpaired) electrons. The Balaban J connectivity index is 1.56. The number of hydrogen-bond acceptors (Lipinski definition) is 7. The summed E-state index contributed by atoms with van der Waals surface area (Å²) in [5.41, 5.74) is -1.25. The highest BCUT2D eigenvalue weighted by Gasteiger charge is 2.69. The number of ketones is 1. The van der Waals surface area contributed by atoms with Crippen molar-refractivity contribution in [1.82, 2.24) is 0 Å². The lowest BCUT2D eigenvalue weighted by Gasteiger charge is -2.48. The SMILES string of the molecule is CC1(C)O[C@@H]2C(=O)[C@H](CO[Si](c3ccccc3)(c3ccccc3)C(C)(C)C)[C@H](O)[C@]3(COC(C)(C)O3)[C@@H]2O1. The maximum Gasteiger partial charge on any atom is 0.261 e. The van der Waals surface area contributed by atoms with Crippen LogP contribution in [0.4, 0.5) is 0 Å². The first-order valence-electron chi connectivity index (χ1n) is 13.4. The second-order valence-corrected chi connectivity index (χ2v) is 17.0. The maximum absolute atomic E-state index is 13.9. The Labute approximate surface area is 226 Å². The van der Waals surface area contributed by atoms with Crippen molar-refractivity contribution >= 4 is 24.5 Å². The third-order valence-electron chi connectivity index (χ3n) is 8.08. The molecular weight excluding hydrogens is 500 g/mol. The molecule has 7 nitrogen and oxygen atoms in total. The summed E-state index contributed by atoms with van der Waals surface area (Å²) in [5, 5.41) is 13.8. The van der Waals surface area contributed by atoms with Gasteiger partial charge in [0.25, 0.3) is 8.32 Å². The van der Waals surface area contributed by atoms with Crippen LogP contribution in [0.3, 0.4) is 0 Å². The van der Waals surface area contributed by atoms with Gasteiger partial charge in [-0.05, 0) is 43.1 Å². The van der Waals surface area contributed by atoms with Crippen molar-refractivity contribution in [1.29, 1.82) is 0 Å². The smallest absolute Gasteiger partial charge is 0.261 e. The summed E-state index contributed by atoms with van der Waals surface area (Å²) in [7, 11) is -2.94. The topological polar surface area (TPSA) is 83.5 Å². The molecule has 1 spiro atoms. The summed E-state index contributed by atoms with van der Waals surface area (Å²) in [4.78, 5) is 13.9. The highest BCUT2D eigenvalue weighted by atomic mass is 28.4. The van der Waals surface area contributed by atoms with E-state index in [0.29, 0.717) is 0 Å². The maximum atomic E-state index is 13.9. The largest absolute Gasteiger partial charge is 0.407 e. The third-order valence-corrected chi connectivity index (χ3v) is 13.1. The molecule has 38 heavy (non-hydrogen) atoms. The first-order chi connectivity index (χ1) is 17.7. The molecule has 2 aromatic carbocycles. The van der Waals surface area contributed by atoms with Crippen LogP contribution in [0.2, 0.25) is 5.04 Å². The molecule has 0 aromatic heterocycles. The van der Waals surface area contributed by atoms with Gasteiger partial charge in [-0.2, -0.15) is 0 Å². The number of hydrogen-bond donors (Lipinski definition) is 1. The fourth-order valence-electron chi connectivity index (χ4n) is 6.44. The van der Waals surface area contributed by atoms with Crippen molar-refractivity contribution in [2.45, 2.75) is 89.0 Å². The van der Waals surface area contributed by atoms with Crippen molar-refractivity contribution in [2.75, 3.05) is 13.2 Å². The molecule has 2 saturated heterocycles. The third kappa shape index (κ3) is 4.40. The van der Waals surface area contributed by atoms with E-state index in [1.807, 2.05) is 36.4 Å². The lowest BCUT2D eigenvalue weighted by Crippen LogP contribution is -2.71. The zero-order chi connectivity index (χ0) is 27.6. The Morgan fingerprint density at radius 1 is 0.921 bits per heavy atom. The van der Waals surface area contributed by atoms with Crippen molar-refractivity contribution in [2.24, 2.45) is 5.92 Å². The highest BCUT2D eigenvalue weighted by molar-refractivity contribution is 6.99. The number of aliphatic hydroxyl groups excluding tert-OH is 1. The minimum atomic E-state index is -2.94. The van der Waals surface area contributed by atoms with Gasteiger partial charge < -0.3 is 28.5 Å². The van der Waals surface area contributed by atoms with Crippen molar-refractivity contribution in [3.8, 4) is 0 Å². The van der Waals surface area contributed by atoms with Gasteiger partial charge in [0.05, 0.1) is 12.5 Å². The minimum Gasteiger partial charge on any atom is -0.407 e. The first kappa shape index (κ1) is 27.6. The van der Waals surface area contributed by atoms with E-state index in [-0.39, 0.29) is 24.0 Å². The van der Waals surface area contributed by atoms with Crippen LogP contribution in [0.5, 0.6) is 0 Å². The normalized spacial score (nSPS) is 32.5. The van der Waals surface area contributed by atoms with E-state index >= 15 is 0 Å². The Morgan fingerprint density at radius 2 is 1.47 bits per heavy atom. The lowest BCUT2D eigenvalue weighted by atomic mass is 9.71. The Bertz CT molecular complexity index is 1120. The molecule has 0 bridgehead atoms. The number of Topliss-reactive ketones (excluding diaryl/α,β-unsaturated/α-hetero) is 1. The van der Waals surface area contributed by atoms with Gasteiger partial charge in [0.2, 0.25) is 0 Å². The molecule has 2 heterocycles. The molecule has 2 aliphatic heterocycles. The van der Waals surface area contributed by atoms with Crippen molar-refractivity contribution in [3.05, 3.63) is 60.7 Å². The van der Waals surface area contributed by atoms with Gasteiger partial charge >= 0.3 is 0 Å². The van der Waals surface area contributed by atoms with E-state index in [2.05, 4.69) is 45.0 Å². The summed E-state index contributed by atoms with van der Waals surface area (Å²) < 4.78 is 31.7. The molecule has 2 aromatic rings. The Morgan fingerprint density at radius 3 is 1.95 bits per heavy atom. The van der Waals surface area contributed by atoms with Gasteiger partial charge in [0.1, 0.15) is 18.3 Å². The predicted octanol–water partition coefficient (Wildman–Crippen LogP) is 3.16. The highest BCUT2D eigenvalue weighted by Crippen LogP contribution is 2.49. The average Bonchev–Trinajstić information content (AvgIpc) is 3.37. The fraction of sp³-hybridized carbons (Fsp3) is 0.567. The number of aliphatic hydroxyl groups is 1. The van der Waals surface area contributed by atoms with Crippen LogP contribution in [-0.2, 0) is 28.2 Å². The van der Waals surface area contributed by atoms with E-state index in [1.165, 1.54) is 0 Å². The van der Waals surface area contributed by atoms with Gasteiger partial charge in [-0.3, -0.25) is 4.79 Å². The number of carbonyl (C=O) groups is 1. The van der Waals surface area contributed by atoms with E-state index in [9.17, 15) is 9.90 Å². The van der Waals surface area contributed by atoms with E-state index < -0.39 is 49.7 Å². The van der Waals surface area contributed by atoms with Crippen LogP contribution in [0, 0.1) is 5.92 Å². The molecule has 3 aliphatic rings. The number of benzene rings is 2. The minimum absolute atomic E-state index is 0.0197. The monoisotopic (exact) mass is 540 g/mol. The molecule has 5 rings (SSSR count). The summed E-state index contributed by atoms with van der Waals surface area (Å²) in [6.45, 7) is 13.8. The fourth-order valence-corrected chi connectivity index (χ4v) is 11.0. The molecule has 0 unspecified atom stereocenters. The molecule has 0 amide bonds. The van der Waals surface area contributed by atoms with Gasteiger partial charge in [-0.15, -0.1) is 0 Å². The summed E-state index contributed by atoms with van der Waals surface area (Å²) in [6.07, 6.45) is -2.88. The number of ether oxygens (including phenoxy) is 4. The van der Waals surface area contributed by atoms with E-state index in [1.54, 1.807) is 27.7 Å². The van der Waals surface area contributed by atoms with Gasteiger partial charge in [0, 0.05) is 6.61 Å². The van der Waals surface area contributed by atoms with E-state index in [0.717, 1.165) is 10.4 Å². The summed E-state index contributed by atoms with van der Waals surface area (Å²) in [6, 6.07) is 20.5. The standard InChI is InChI=1S/C30H40O7Si/c1-27(2,3)38(20-14-10-8-11-15-20,21-16-12-9-13-17-21)34-18-22-23(31)24-26(36-29(6,7)35-24)30(25(22)32)19-33-28(4,5)37-30/h8-17,22,24-26,32H,18-19H2,1-7H3/t22-,24+,25-,26+,30+/m0/s1.